The third-order valence-corrected chi connectivity index (χ3v) is 2.64. The summed E-state index contributed by atoms with van der Waals surface area (Å²) in [4.78, 5) is 4.21. The van der Waals surface area contributed by atoms with Gasteiger partial charge >= 0.3 is 0 Å². The highest BCUT2D eigenvalue weighted by atomic mass is 19.1. The largest absolute Gasteiger partial charge is 0.377 e. The topological polar surface area (TPSA) is 24.9 Å². The zero-order chi connectivity index (χ0) is 12.3. The lowest BCUT2D eigenvalue weighted by Gasteiger charge is -2.15. The summed E-state index contributed by atoms with van der Waals surface area (Å²) in [5.41, 5.74) is 2.84. The molecule has 0 aliphatic heterocycles. The average Bonchev–Trinajstić information content (AvgIpc) is 2.32. The highest BCUT2D eigenvalue weighted by Gasteiger charge is 2.05. The van der Waals surface area contributed by atoms with Crippen LogP contribution < -0.4 is 5.32 Å². The molecule has 0 fully saturated rings. The number of aromatic nitrogens is 1. The Bertz CT molecular complexity index is 494. The molecule has 3 heteroatoms. The Kier molecular flexibility index (Phi) is 3.38. The molecule has 1 atom stereocenters. The second-order valence-corrected chi connectivity index (χ2v) is 4.11. The van der Waals surface area contributed by atoms with Gasteiger partial charge in [0, 0.05) is 11.7 Å². The summed E-state index contributed by atoms with van der Waals surface area (Å²) in [5.74, 6) is -0.210. The van der Waals surface area contributed by atoms with Gasteiger partial charge in [0.2, 0.25) is 0 Å². The molecule has 1 heterocycles. The Morgan fingerprint density at radius 2 is 2.06 bits per heavy atom. The molecule has 17 heavy (non-hydrogen) atoms. The van der Waals surface area contributed by atoms with Crippen molar-refractivity contribution < 1.29 is 4.39 Å². The van der Waals surface area contributed by atoms with E-state index in [1.165, 1.54) is 6.07 Å². The average molecular weight is 230 g/mol. The molecule has 0 aliphatic carbocycles. The van der Waals surface area contributed by atoms with Gasteiger partial charge in [-0.25, -0.2) is 4.39 Å². The third-order valence-electron chi connectivity index (χ3n) is 2.64. The van der Waals surface area contributed by atoms with Crippen LogP contribution in [0.4, 0.5) is 10.1 Å². The lowest BCUT2D eigenvalue weighted by atomic mass is 10.1. The van der Waals surface area contributed by atoms with Gasteiger partial charge in [-0.3, -0.25) is 4.98 Å². The minimum Gasteiger partial charge on any atom is -0.377 e. The quantitative estimate of drug-likeness (QED) is 0.869. The summed E-state index contributed by atoms with van der Waals surface area (Å²) in [7, 11) is 0. The fraction of sp³-hybridized carbons (Fsp3) is 0.214. The van der Waals surface area contributed by atoms with Crippen molar-refractivity contribution in [3.05, 3.63) is 59.7 Å². The van der Waals surface area contributed by atoms with E-state index in [4.69, 9.17) is 0 Å². The molecule has 0 amide bonds. The van der Waals surface area contributed by atoms with E-state index in [0.29, 0.717) is 0 Å². The maximum Gasteiger partial charge on any atom is 0.123 e. The van der Waals surface area contributed by atoms with E-state index in [1.807, 2.05) is 32.0 Å². The van der Waals surface area contributed by atoms with Crippen molar-refractivity contribution >= 4 is 5.69 Å². The maximum absolute atomic E-state index is 13.1. The van der Waals surface area contributed by atoms with Crippen molar-refractivity contribution in [2.24, 2.45) is 0 Å². The first-order chi connectivity index (χ1) is 8.15. The van der Waals surface area contributed by atoms with E-state index in [0.717, 1.165) is 16.9 Å². The molecular formula is C14H15FN2. The summed E-state index contributed by atoms with van der Waals surface area (Å²) in [6.07, 6.45) is 1.78. The molecular weight excluding hydrogens is 215 g/mol. The highest BCUT2D eigenvalue weighted by Crippen LogP contribution is 2.19. The van der Waals surface area contributed by atoms with Gasteiger partial charge in [-0.15, -0.1) is 0 Å². The predicted molar refractivity (Wildman–Crippen MR) is 67.4 cm³/mol. The van der Waals surface area contributed by atoms with Crippen molar-refractivity contribution in [3.8, 4) is 0 Å². The predicted octanol–water partition coefficient (Wildman–Crippen LogP) is 3.70. The van der Waals surface area contributed by atoms with Crippen LogP contribution in [-0.4, -0.2) is 4.98 Å². The van der Waals surface area contributed by atoms with E-state index >= 15 is 0 Å². The summed E-state index contributed by atoms with van der Waals surface area (Å²) in [5, 5.41) is 3.28. The second kappa shape index (κ2) is 4.95. The van der Waals surface area contributed by atoms with Crippen LogP contribution >= 0.6 is 0 Å². The van der Waals surface area contributed by atoms with E-state index in [2.05, 4.69) is 10.3 Å². The highest BCUT2D eigenvalue weighted by molar-refractivity contribution is 5.43. The van der Waals surface area contributed by atoms with Gasteiger partial charge in [-0.05, 0) is 43.7 Å². The van der Waals surface area contributed by atoms with Crippen LogP contribution in [0, 0.1) is 12.7 Å². The Labute approximate surface area is 101 Å². The van der Waals surface area contributed by atoms with Gasteiger partial charge in [-0.2, -0.15) is 0 Å². The molecule has 0 aliphatic rings. The van der Waals surface area contributed by atoms with Gasteiger partial charge in [0.05, 0.1) is 11.9 Å². The molecule has 1 aromatic heterocycles. The Hall–Kier alpha value is -1.90. The summed E-state index contributed by atoms with van der Waals surface area (Å²) >= 11 is 0. The van der Waals surface area contributed by atoms with Crippen LogP contribution in [-0.2, 0) is 0 Å². The molecule has 1 N–H and O–H groups in total. The van der Waals surface area contributed by atoms with E-state index in [1.54, 1.807) is 18.3 Å². The van der Waals surface area contributed by atoms with Crippen LogP contribution in [0.1, 0.15) is 24.2 Å². The van der Waals surface area contributed by atoms with Crippen LogP contribution in [0.15, 0.2) is 42.6 Å². The second-order valence-electron chi connectivity index (χ2n) is 4.11. The zero-order valence-electron chi connectivity index (χ0n) is 9.94. The normalized spacial score (nSPS) is 12.2. The number of hydrogen-bond donors (Lipinski definition) is 1. The van der Waals surface area contributed by atoms with Crippen molar-refractivity contribution in [2.45, 2.75) is 19.9 Å². The molecule has 0 saturated carbocycles. The molecule has 2 nitrogen and oxygen atoms in total. The Morgan fingerprint density at radius 3 is 2.71 bits per heavy atom. The number of pyridine rings is 1. The first kappa shape index (κ1) is 11.6. The van der Waals surface area contributed by atoms with E-state index < -0.39 is 0 Å². The number of hydrogen-bond acceptors (Lipinski definition) is 2. The summed E-state index contributed by atoms with van der Waals surface area (Å²) in [6.45, 7) is 3.94. The zero-order valence-corrected chi connectivity index (χ0v) is 9.94. The summed E-state index contributed by atoms with van der Waals surface area (Å²) in [6, 6.07) is 10.6. The molecule has 0 radical (unpaired) electrons. The molecule has 1 unspecified atom stereocenters. The molecule has 0 spiro atoms. The molecule has 0 bridgehead atoms. The van der Waals surface area contributed by atoms with Gasteiger partial charge < -0.3 is 5.32 Å². The van der Waals surface area contributed by atoms with Crippen molar-refractivity contribution in [3.63, 3.8) is 0 Å². The molecule has 1 aromatic carbocycles. The SMILES string of the molecule is Cc1ccc(NC(C)c2cccc(F)c2)cn1. The minimum absolute atomic E-state index is 0.0511. The molecule has 2 rings (SSSR count). The van der Waals surface area contributed by atoms with Gasteiger partial charge in [0.1, 0.15) is 5.82 Å². The fourth-order valence-corrected chi connectivity index (χ4v) is 1.66. The third kappa shape index (κ3) is 3.03. The van der Waals surface area contributed by atoms with Crippen LogP contribution in [0.5, 0.6) is 0 Å². The van der Waals surface area contributed by atoms with Gasteiger partial charge in [0.25, 0.3) is 0 Å². The monoisotopic (exact) mass is 230 g/mol. The Morgan fingerprint density at radius 1 is 1.24 bits per heavy atom. The molecule has 2 aromatic rings. The standard InChI is InChI=1S/C14H15FN2/c1-10-6-7-14(9-16-10)17-11(2)12-4-3-5-13(15)8-12/h3-9,11,17H,1-2H3. The maximum atomic E-state index is 13.1. The van der Waals surface area contributed by atoms with Crippen LogP contribution in [0.25, 0.3) is 0 Å². The van der Waals surface area contributed by atoms with Crippen molar-refractivity contribution in [2.75, 3.05) is 5.32 Å². The molecule has 88 valence electrons. The number of rotatable bonds is 3. The molecule has 0 saturated heterocycles. The number of nitrogens with one attached hydrogen (secondary N) is 1. The lowest BCUT2D eigenvalue weighted by molar-refractivity contribution is 0.623. The van der Waals surface area contributed by atoms with E-state index in [9.17, 15) is 4.39 Å². The number of halogens is 1. The number of aryl methyl sites for hydroxylation is 1. The number of nitrogens with zero attached hydrogens (tertiary/aromatic N) is 1. The lowest BCUT2D eigenvalue weighted by Crippen LogP contribution is -2.07. The van der Waals surface area contributed by atoms with Crippen LogP contribution in [0.3, 0.4) is 0 Å². The Balaban J connectivity index is 2.11. The summed E-state index contributed by atoms with van der Waals surface area (Å²) < 4.78 is 13.1. The van der Waals surface area contributed by atoms with Crippen molar-refractivity contribution in [1.82, 2.24) is 4.98 Å². The van der Waals surface area contributed by atoms with Crippen molar-refractivity contribution in [1.29, 1.82) is 0 Å². The number of benzene rings is 1. The van der Waals surface area contributed by atoms with Gasteiger partial charge in [0.15, 0.2) is 0 Å². The fourth-order valence-electron chi connectivity index (χ4n) is 1.66. The first-order valence-corrected chi connectivity index (χ1v) is 5.60. The first-order valence-electron chi connectivity index (χ1n) is 5.60. The van der Waals surface area contributed by atoms with E-state index in [-0.39, 0.29) is 11.9 Å². The number of anilines is 1. The van der Waals surface area contributed by atoms with Crippen LogP contribution in [0.2, 0.25) is 0 Å². The smallest absolute Gasteiger partial charge is 0.123 e. The minimum atomic E-state index is -0.210. The van der Waals surface area contributed by atoms with Gasteiger partial charge in [-0.1, -0.05) is 12.1 Å².